The van der Waals surface area contributed by atoms with E-state index in [1.54, 1.807) is 6.07 Å². The molecule has 20 heavy (non-hydrogen) atoms. The SMILES string of the molecule is O=C(Nc1ccc(Br)cc1[N+](=O)[O-])c1cnc(Cl)cn1. The predicted octanol–water partition coefficient (Wildman–Crippen LogP) is 3.05. The van der Waals surface area contributed by atoms with Gasteiger partial charge in [-0.2, -0.15) is 0 Å². The van der Waals surface area contributed by atoms with Gasteiger partial charge in [-0.15, -0.1) is 0 Å². The fourth-order valence-corrected chi connectivity index (χ4v) is 1.82. The average molecular weight is 358 g/mol. The zero-order valence-corrected chi connectivity index (χ0v) is 12.1. The molecule has 0 radical (unpaired) electrons. The van der Waals surface area contributed by atoms with Crippen LogP contribution in [0.5, 0.6) is 0 Å². The maximum Gasteiger partial charge on any atom is 0.293 e. The van der Waals surface area contributed by atoms with E-state index in [2.05, 4.69) is 31.2 Å². The van der Waals surface area contributed by atoms with Crippen LogP contribution in [-0.2, 0) is 0 Å². The normalized spacial score (nSPS) is 10.1. The van der Waals surface area contributed by atoms with E-state index in [0.29, 0.717) is 4.47 Å². The summed E-state index contributed by atoms with van der Waals surface area (Å²) < 4.78 is 0.536. The molecule has 0 aliphatic carbocycles. The number of nitro groups is 1. The van der Waals surface area contributed by atoms with Crippen molar-refractivity contribution in [2.24, 2.45) is 0 Å². The van der Waals surface area contributed by atoms with Gasteiger partial charge in [-0.1, -0.05) is 27.5 Å². The Balaban J connectivity index is 2.28. The summed E-state index contributed by atoms with van der Waals surface area (Å²) in [6.07, 6.45) is 2.40. The van der Waals surface area contributed by atoms with Gasteiger partial charge >= 0.3 is 0 Å². The fourth-order valence-electron chi connectivity index (χ4n) is 1.38. The maximum absolute atomic E-state index is 11.9. The van der Waals surface area contributed by atoms with Crippen LogP contribution in [0.4, 0.5) is 11.4 Å². The summed E-state index contributed by atoms with van der Waals surface area (Å²) in [5.74, 6) is -0.611. The minimum absolute atomic E-state index is 0.00613. The van der Waals surface area contributed by atoms with Crippen molar-refractivity contribution in [1.29, 1.82) is 0 Å². The van der Waals surface area contributed by atoms with E-state index in [0.717, 1.165) is 0 Å². The highest BCUT2D eigenvalue weighted by molar-refractivity contribution is 9.10. The maximum atomic E-state index is 11.9. The van der Waals surface area contributed by atoms with Crippen molar-refractivity contribution in [3.8, 4) is 0 Å². The predicted molar refractivity (Wildman–Crippen MR) is 75.8 cm³/mol. The van der Waals surface area contributed by atoms with E-state index in [4.69, 9.17) is 11.6 Å². The first-order chi connectivity index (χ1) is 9.47. The molecule has 0 unspecified atom stereocenters. The van der Waals surface area contributed by atoms with Crippen molar-refractivity contribution in [1.82, 2.24) is 9.97 Å². The molecule has 1 N–H and O–H groups in total. The number of halogens is 2. The second kappa shape index (κ2) is 5.93. The number of benzene rings is 1. The molecule has 1 amide bonds. The molecule has 0 saturated heterocycles. The lowest BCUT2D eigenvalue weighted by Crippen LogP contribution is -2.15. The lowest BCUT2D eigenvalue weighted by atomic mass is 10.2. The Kier molecular flexibility index (Phi) is 4.26. The number of hydrogen-bond acceptors (Lipinski definition) is 5. The van der Waals surface area contributed by atoms with E-state index in [1.807, 2.05) is 0 Å². The summed E-state index contributed by atoms with van der Waals surface area (Å²) in [5.41, 5.74) is -0.152. The summed E-state index contributed by atoms with van der Waals surface area (Å²) in [5, 5.41) is 13.5. The third kappa shape index (κ3) is 3.28. The smallest absolute Gasteiger partial charge is 0.293 e. The zero-order chi connectivity index (χ0) is 14.7. The van der Waals surface area contributed by atoms with Gasteiger partial charge in [0.05, 0.1) is 17.3 Å². The number of aromatic nitrogens is 2. The standard InChI is InChI=1S/C11H6BrClN4O3/c12-6-1-2-7(9(3-6)17(19)20)16-11(18)8-4-15-10(13)5-14-8/h1-5H,(H,16,18). The number of amides is 1. The molecule has 1 heterocycles. The number of carbonyl (C=O) groups is 1. The number of rotatable bonds is 3. The molecule has 0 bridgehead atoms. The molecule has 0 atom stereocenters. The number of carbonyl (C=O) groups excluding carboxylic acids is 1. The van der Waals surface area contributed by atoms with Crippen LogP contribution in [0, 0.1) is 10.1 Å². The lowest BCUT2D eigenvalue weighted by Gasteiger charge is -2.05. The van der Waals surface area contributed by atoms with Gasteiger partial charge in [0.25, 0.3) is 11.6 Å². The van der Waals surface area contributed by atoms with Crippen molar-refractivity contribution in [2.45, 2.75) is 0 Å². The van der Waals surface area contributed by atoms with Gasteiger partial charge in [-0.25, -0.2) is 9.97 Å². The number of hydrogen-bond donors (Lipinski definition) is 1. The van der Waals surface area contributed by atoms with Crippen LogP contribution >= 0.6 is 27.5 Å². The van der Waals surface area contributed by atoms with E-state index in [-0.39, 0.29) is 22.2 Å². The average Bonchev–Trinajstić information content (AvgIpc) is 2.41. The second-order valence-electron chi connectivity index (χ2n) is 3.60. The molecule has 1 aromatic carbocycles. The van der Waals surface area contributed by atoms with Crippen molar-refractivity contribution in [3.63, 3.8) is 0 Å². The minimum atomic E-state index is -0.611. The number of nitrogens with zero attached hydrogens (tertiary/aromatic N) is 3. The van der Waals surface area contributed by atoms with Crippen molar-refractivity contribution in [3.05, 3.63) is 56.0 Å². The molecule has 0 aliphatic rings. The van der Waals surface area contributed by atoms with Gasteiger partial charge < -0.3 is 5.32 Å². The molecule has 0 spiro atoms. The van der Waals surface area contributed by atoms with Crippen molar-refractivity contribution in [2.75, 3.05) is 5.32 Å². The summed E-state index contributed by atoms with van der Waals surface area (Å²) in [6, 6.07) is 4.29. The van der Waals surface area contributed by atoms with E-state index in [1.165, 1.54) is 24.5 Å². The topological polar surface area (TPSA) is 98.0 Å². The first kappa shape index (κ1) is 14.4. The van der Waals surface area contributed by atoms with Gasteiger partial charge in [-0.3, -0.25) is 14.9 Å². The number of anilines is 1. The quantitative estimate of drug-likeness (QED) is 0.672. The Hall–Kier alpha value is -2.06. The molecule has 2 aromatic rings. The van der Waals surface area contributed by atoms with E-state index < -0.39 is 10.8 Å². The van der Waals surface area contributed by atoms with Crippen molar-refractivity contribution < 1.29 is 9.72 Å². The largest absolute Gasteiger partial charge is 0.315 e. The van der Waals surface area contributed by atoms with Crippen LogP contribution in [0.15, 0.2) is 35.1 Å². The lowest BCUT2D eigenvalue weighted by molar-refractivity contribution is -0.384. The highest BCUT2D eigenvalue weighted by Crippen LogP contribution is 2.28. The van der Waals surface area contributed by atoms with Gasteiger partial charge in [0.1, 0.15) is 16.5 Å². The summed E-state index contributed by atoms with van der Waals surface area (Å²) in [7, 11) is 0. The molecule has 2 rings (SSSR count). The molecule has 0 fully saturated rings. The summed E-state index contributed by atoms with van der Waals surface area (Å²) in [4.78, 5) is 29.7. The molecular formula is C11H6BrClN4O3. The molecule has 102 valence electrons. The molecule has 9 heteroatoms. The third-order valence-electron chi connectivity index (χ3n) is 2.26. The van der Waals surface area contributed by atoms with Crippen molar-refractivity contribution >= 4 is 44.8 Å². The van der Waals surface area contributed by atoms with Gasteiger partial charge in [-0.05, 0) is 12.1 Å². The monoisotopic (exact) mass is 356 g/mol. The van der Waals surface area contributed by atoms with E-state index in [9.17, 15) is 14.9 Å². The number of nitro benzene ring substituents is 1. The molecular weight excluding hydrogens is 352 g/mol. The Morgan fingerprint density at radius 2 is 2.10 bits per heavy atom. The first-order valence-corrected chi connectivity index (χ1v) is 6.37. The number of nitrogens with one attached hydrogen (secondary N) is 1. The van der Waals surface area contributed by atoms with Crippen LogP contribution in [0.3, 0.4) is 0 Å². The second-order valence-corrected chi connectivity index (χ2v) is 4.90. The van der Waals surface area contributed by atoms with Crippen LogP contribution < -0.4 is 5.32 Å². The molecule has 0 saturated carbocycles. The highest BCUT2D eigenvalue weighted by Gasteiger charge is 2.17. The Morgan fingerprint density at radius 1 is 1.35 bits per heavy atom. The Bertz CT molecular complexity index is 678. The molecule has 0 aliphatic heterocycles. The Morgan fingerprint density at radius 3 is 2.70 bits per heavy atom. The minimum Gasteiger partial charge on any atom is -0.315 e. The third-order valence-corrected chi connectivity index (χ3v) is 2.95. The zero-order valence-electron chi connectivity index (χ0n) is 9.71. The van der Waals surface area contributed by atoms with Crippen LogP contribution in [-0.4, -0.2) is 20.8 Å². The van der Waals surface area contributed by atoms with Crippen LogP contribution in [0.2, 0.25) is 5.15 Å². The summed E-state index contributed by atoms with van der Waals surface area (Å²) >= 11 is 8.69. The van der Waals surface area contributed by atoms with Gasteiger partial charge in [0.15, 0.2) is 0 Å². The molecule has 7 nitrogen and oxygen atoms in total. The molecule has 1 aromatic heterocycles. The fraction of sp³-hybridized carbons (Fsp3) is 0. The first-order valence-electron chi connectivity index (χ1n) is 5.20. The van der Waals surface area contributed by atoms with E-state index >= 15 is 0 Å². The van der Waals surface area contributed by atoms with Gasteiger partial charge in [0, 0.05) is 10.5 Å². The van der Waals surface area contributed by atoms with Crippen LogP contribution in [0.25, 0.3) is 0 Å². The Labute approximate surface area is 126 Å². The van der Waals surface area contributed by atoms with Gasteiger partial charge in [0.2, 0.25) is 0 Å². The van der Waals surface area contributed by atoms with Crippen LogP contribution in [0.1, 0.15) is 10.5 Å². The summed E-state index contributed by atoms with van der Waals surface area (Å²) in [6.45, 7) is 0. The highest BCUT2D eigenvalue weighted by atomic mass is 79.9.